The van der Waals surface area contributed by atoms with Gasteiger partial charge in [-0.05, 0) is 114 Å². The number of rotatable bonds is 14. The number of piperidine rings is 1. The predicted molar refractivity (Wildman–Crippen MR) is 307 cm³/mol. The van der Waals surface area contributed by atoms with E-state index in [1.54, 1.807) is 40.9 Å². The number of cyclic esters (lactones) is 1. The molecule has 4 rings (SSSR count). The number of nitrogens with zero attached hydrogens (tertiary/aromatic N) is 1. The van der Waals surface area contributed by atoms with Crippen molar-refractivity contribution in [1.29, 1.82) is 0 Å². The molecule has 81 heavy (non-hydrogen) atoms. The van der Waals surface area contributed by atoms with Crippen molar-refractivity contribution in [3.8, 4) is 0 Å². The maximum Gasteiger partial charge on any atom is 0.329 e. The van der Waals surface area contributed by atoms with Crippen LogP contribution in [0.15, 0.2) is 47.6 Å². The molecule has 1 amide bonds. The molecule has 3 heterocycles. The summed E-state index contributed by atoms with van der Waals surface area (Å²) in [5.74, 6) is -10.9. The van der Waals surface area contributed by atoms with Crippen LogP contribution in [0.2, 0.25) is 0 Å². The van der Waals surface area contributed by atoms with Crippen LogP contribution in [-0.2, 0) is 76.3 Å². The number of ketones is 3. The summed E-state index contributed by atoms with van der Waals surface area (Å²) in [4.78, 5) is 111. The maximum atomic E-state index is 14.7. The van der Waals surface area contributed by atoms with E-state index < -0.39 is 132 Å². The van der Waals surface area contributed by atoms with Crippen LogP contribution in [-0.4, -0.2) is 169 Å². The molecule has 15 atom stereocenters. The lowest BCUT2D eigenvalue weighted by molar-refractivity contribution is -0.265. The number of alkyl halides is 2. The highest BCUT2D eigenvalue weighted by Crippen LogP contribution is 2.39. The first-order chi connectivity index (χ1) is 38.3. The Morgan fingerprint density at radius 1 is 0.827 bits per heavy atom. The maximum absolute atomic E-state index is 14.7. The van der Waals surface area contributed by atoms with Crippen LogP contribution >= 0.6 is 31.9 Å². The van der Waals surface area contributed by atoms with Gasteiger partial charge < -0.3 is 53.0 Å². The first-order valence-electron chi connectivity index (χ1n) is 28.4. The number of hydrogen-bond acceptors (Lipinski definition) is 18. The molecule has 3 fully saturated rings. The number of fused-ring (bicyclic) bond motifs is 3. The number of ether oxygens (including phenoxy) is 8. The zero-order chi connectivity index (χ0) is 60.4. The average Bonchev–Trinajstić information content (AvgIpc) is 3.46. The van der Waals surface area contributed by atoms with E-state index in [0.29, 0.717) is 63.4 Å². The molecule has 456 valence electrons. The highest BCUT2D eigenvalue weighted by Gasteiger charge is 2.53. The lowest BCUT2D eigenvalue weighted by Gasteiger charge is -2.42. The van der Waals surface area contributed by atoms with Gasteiger partial charge >= 0.3 is 23.9 Å². The Kier molecular flexibility index (Phi) is 28.3. The number of carbonyl (C=O) groups is 8. The normalized spacial score (nSPS) is 33.7. The van der Waals surface area contributed by atoms with Gasteiger partial charge in [0.05, 0.1) is 18.3 Å². The number of halogens is 2. The predicted octanol–water partition coefficient (Wildman–Crippen LogP) is 7.61. The topological polar surface area (TPSA) is 254 Å². The van der Waals surface area contributed by atoms with E-state index in [2.05, 4.69) is 31.9 Å². The van der Waals surface area contributed by atoms with Gasteiger partial charge in [-0.25, -0.2) is 4.79 Å². The van der Waals surface area contributed by atoms with Gasteiger partial charge in [0.1, 0.15) is 65.5 Å². The second kappa shape index (κ2) is 32.9. The molecular formula is C60H89Br2NO18. The number of aliphatic hydroxyl groups is 2. The zero-order valence-electron chi connectivity index (χ0n) is 49.2. The van der Waals surface area contributed by atoms with E-state index in [9.17, 15) is 48.6 Å². The first-order valence-corrected chi connectivity index (χ1v) is 30.6. The minimum absolute atomic E-state index is 0.0215. The molecule has 0 aromatic carbocycles. The van der Waals surface area contributed by atoms with Crippen molar-refractivity contribution < 1.29 is 86.5 Å². The number of hydrogen-bond donors (Lipinski definition) is 2. The molecule has 2 saturated heterocycles. The molecule has 0 unspecified atom stereocenters. The molecule has 2 bridgehead atoms. The lowest BCUT2D eigenvalue weighted by atomic mass is 9.78. The van der Waals surface area contributed by atoms with Crippen LogP contribution in [0.4, 0.5) is 0 Å². The van der Waals surface area contributed by atoms with Gasteiger partial charge in [0.2, 0.25) is 5.79 Å². The molecule has 3 aliphatic heterocycles. The Balaban J connectivity index is 1.68. The van der Waals surface area contributed by atoms with Crippen molar-refractivity contribution >= 4 is 79.0 Å². The van der Waals surface area contributed by atoms with Crippen molar-refractivity contribution in [2.45, 2.75) is 187 Å². The quantitative estimate of drug-likeness (QED) is 0.0558. The standard InChI is InChI=1S/C60H89Br2NO18/c1-35-17-13-12-14-18-36(2)47(74-9)29-43-22-20-41(7)60(73,81-43)55(69)56(70)63-24-16-15-19-44(63)57(71)79-48(30-45(64)37(3)26-40(6)53(68)54(76-11)52(67)39(5)25-35)38(4)27-42-21-23-46(49(28-42)75-10)80-58(72)59(8,33-77-50(65)31-61)34-78-51(66)32-62/h12-14,17-18,26,35,37-39,41-44,46-49,53-54,68,73H,15-16,19-25,27-34H2,1-11H3/b14-12?,17-13+,36-18?,40-26+/t35-,37-,38-,39-,41-,42+,43+,44+,46-,47+,48+,49-,53-,54+,60-/m1/s1. The minimum Gasteiger partial charge on any atom is -0.464 e. The van der Waals surface area contributed by atoms with E-state index in [0.717, 1.165) is 10.5 Å². The summed E-state index contributed by atoms with van der Waals surface area (Å²) in [5.41, 5.74) is -0.364. The Bertz CT molecular complexity index is 2280. The van der Waals surface area contributed by atoms with Crippen LogP contribution in [0.3, 0.4) is 0 Å². The van der Waals surface area contributed by atoms with E-state index in [-0.39, 0.29) is 59.9 Å². The number of carbonyl (C=O) groups excluding carboxylic acids is 8. The van der Waals surface area contributed by atoms with Gasteiger partial charge in [0, 0.05) is 58.5 Å². The van der Waals surface area contributed by atoms with Crippen LogP contribution < -0.4 is 0 Å². The third-order valence-corrected chi connectivity index (χ3v) is 17.4. The zero-order valence-corrected chi connectivity index (χ0v) is 52.4. The average molecular weight is 1270 g/mol. The molecule has 19 nitrogen and oxygen atoms in total. The largest absolute Gasteiger partial charge is 0.464 e. The van der Waals surface area contributed by atoms with E-state index in [1.165, 1.54) is 21.1 Å². The summed E-state index contributed by atoms with van der Waals surface area (Å²) in [7, 11) is 4.40. The summed E-state index contributed by atoms with van der Waals surface area (Å²) >= 11 is 6.08. The fourth-order valence-electron chi connectivity index (χ4n) is 11.2. The third kappa shape index (κ3) is 19.5. The fourth-order valence-corrected chi connectivity index (χ4v) is 11.6. The van der Waals surface area contributed by atoms with E-state index in [1.807, 2.05) is 51.2 Å². The Morgan fingerprint density at radius 3 is 2.11 bits per heavy atom. The van der Waals surface area contributed by atoms with E-state index in [4.69, 9.17) is 37.9 Å². The van der Waals surface area contributed by atoms with Crippen molar-refractivity contribution in [1.82, 2.24) is 4.90 Å². The molecular weight excluding hydrogens is 1180 g/mol. The highest BCUT2D eigenvalue weighted by molar-refractivity contribution is 9.09. The molecule has 2 N–H and O–H groups in total. The molecule has 4 aliphatic rings. The van der Waals surface area contributed by atoms with E-state index >= 15 is 0 Å². The molecule has 0 aromatic rings. The van der Waals surface area contributed by atoms with Crippen LogP contribution in [0, 0.1) is 40.9 Å². The summed E-state index contributed by atoms with van der Waals surface area (Å²) in [6.45, 7) is 13.1. The van der Waals surface area contributed by atoms with Crippen LogP contribution in [0.25, 0.3) is 0 Å². The van der Waals surface area contributed by atoms with Gasteiger partial charge in [0.25, 0.3) is 11.7 Å². The second-order valence-corrected chi connectivity index (χ2v) is 24.2. The number of methoxy groups -OCH3 is 3. The van der Waals surface area contributed by atoms with Crippen molar-refractivity contribution in [3.05, 3.63) is 47.6 Å². The van der Waals surface area contributed by atoms with Gasteiger partial charge in [0.15, 0.2) is 5.78 Å². The Labute approximate surface area is 495 Å². The molecule has 21 heteroatoms. The van der Waals surface area contributed by atoms with Gasteiger partial charge in [-0.2, -0.15) is 0 Å². The van der Waals surface area contributed by atoms with Crippen molar-refractivity contribution in [3.63, 3.8) is 0 Å². The minimum atomic E-state index is -2.49. The van der Waals surface area contributed by atoms with Crippen LogP contribution in [0.1, 0.15) is 132 Å². The number of allylic oxidation sites excluding steroid dienone is 6. The SMILES string of the molecule is CO[C@H]1C[C@@H]2CC[C@@H](C)[C@@](O)(O2)C(=O)C(=O)N2CCCC[C@H]2C(=O)O[C@H]([C@H](C)C[C@@H]2CC[C@@H](OC(=O)C(C)(COC(=O)CBr)COC(=O)CBr)[C@H](OC)C2)CC(=O)[C@H](C)/C=C(\C)[C@@H](O)[C@@H](OC)C(=O)[C@H](C)C[C@H](C)/C=C/C=CC=C1C. The molecule has 1 saturated carbocycles. The Morgan fingerprint density at radius 2 is 1.49 bits per heavy atom. The fraction of sp³-hybridized carbons (Fsp3) is 0.733. The summed E-state index contributed by atoms with van der Waals surface area (Å²) in [5, 5.41) is 23.4. The third-order valence-electron chi connectivity index (χ3n) is 16.5. The van der Waals surface area contributed by atoms with Gasteiger partial charge in [-0.15, -0.1) is 0 Å². The molecule has 0 spiro atoms. The second-order valence-electron chi connectivity index (χ2n) is 23.1. The van der Waals surface area contributed by atoms with Crippen molar-refractivity contribution in [2.75, 3.05) is 51.7 Å². The molecule has 1 aliphatic carbocycles. The monoisotopic (exact) mass is 1270 g/mol. The molecule has 0 radical (unpaired) electrons. The first kappa shape index (κ1) is 69.5. The number of aliphatic hydroxyl groups excluding tert-OH is 1. The Hall–Kier alpha value is -3.96. The summed E-state index contributed by atoms with van der Waals surface area (Å²) in [6.07, 6.45) is 9.07. The smallest absolute Gasteiger partial charge is 0.329 e. The summed E-state index contributed by atoms with van der Waals surface area (Å²) in [6, 6.07) is -1.23. The summed E-state index contributed by atoms with van der Waals surface area (Å²) < 4.78 is 46.4. The number of esters is 4. The van der Waals surface area contributed by atoms with Gasteiger partial charge in [-0.3, -0.25) is 33.6 Å². The van der Waals surface area contributed by atoms with Crippen molar-refractivity contribution in [2.24, 2.45) is 40.9 Å². The number of Topliss-reactive ketones (excluding diaryl/α,β-unsaturated/α-hetero) is 3. The number of amides is 1. The highest BCUT2D eigenvalue weighted by atomic mass is 79.9. The van der Waals surface area contributed by atoms with Crippen LogP contribution in [0.5, 0.6) is 0 Å². The lowest BCUT2D eigenvalue weighted by Crippen LogP contribution is -2.61. The van der Waals surface area contributed by atoms with Gasteiger partial charge in [-0.1, -0.05) is 103 Å². The molecule has 0 aromatic heterocycles.